The first-order valence-corrected chi connectivity index (χ1v) is 7.68. The summed E-state index contributed by atoms with van der Waals surface area (Å²) < 4.78 is 4.25. The lowest BCUT2D eigenvalue weighted by Gasteiger charge is -2.27. The van der Waals surface area contributed by atoms with Gasteiger partial charge in [-0.1, -0.05) is 33.1 Å². The summed E-state index contributed by atoms with van der Waals surface area (Å²) in [6, 6.07) is -0.534. The van der Waals surface area contributed by atoms with Crippen LogP contribution in [0.1, 0.15) is 57.7 Å². The average molecular weight is 283 g/mol. The van der Waals surface area contributed by atoms with Gasteiger partial charge in [0.15, 0.2) is 0 Å². The minimum atomic E-state index is -0.784. The maximum absolute atomic E-state index is 11.4. The highest BCUT2D eigenvalue weighted by Gasteiger charge is 2.30. The molecule has 1 saturated carbocycles. The fourth-order valence-electron chi connectivity index (χ4n) is 2.51. The summed E-state index contributed by atoms with van der Waals surface area (Å²) in [4.78, 5) is 15.8. The molecule has 2 N–H and O–H groups in total. The van der Waals surface area contributed by atoms with Crippen LogP contribution in [-0.4, -0.2) is 26.5 Å². The minimum Gasteiger partial charge on any atom is -0.480 e. The van der Waals surface area contributed by atoms with Gasteiger partial charge in [-0.15, -0.1) is 0 Å². The van der Waals surface area contributed by atoms with Gasteiger partial charge in [-0.25, -0.2) is 9.78 Å². The molecule has 2 rings (SSSR count). The molecule has 1 aliphatic carbocycles. The lowest BCUT2D eigenvalue weighted by atomic mass is 9.84. The molecule has 6 heteroatoms. The topological polar surface area (TPSA) is 75.1 Å². The number of nitrogens with zero attached hydrogens (tertiary/aromatic N) is 2. The van der Waals surface area contributed by atoms with E-state index < -0.39 is 12.0 Å². The van der Waals surface area contributed by atoms with Crippen molar-refractivity contribution in [3.05, 3.63) is 5.82 Å². The monoisotopic (exact) mass is 283 g/mol. The molecule has 1 aliphatic rings. The van der Waals surface area contributed by atoms with Gasteiger partial charge >= 0.3 is 5.97 Å². The summed E-state index contributed by atoms with van der Waals surface area (Å²) in [7, 11) is 0. The quantitative estimate of drug-likeness (QED) is 0.868. The molecule has 1 atom stereocenters. The number of aromatic nitrogens is 2. The van der Waals surface area contributed by atoms with Crippen molar-refractivity contribution in [2.75, 3.05) is 5.32 Å². The summed E-state index contributed by atoms with van der Waals surface area (Å²) in [5.41, 5.74) is 0. The van der Waals surface area contributed by atoms with E-state index >= 15 is 0 Å². The first kappa shape index (κ1) is 14.2. The molecule has 0 amide bonds. The average Bonchev–Trinajstić information content (AvgIpc) is 2.85. The summed E-state index contributed by atoms with van der Waals surface area (Å²) in [5, 5.41) is 13.1. The molecular weight excluding hydrogens is 262 g/mol. The van der Waals surface area contributed by atoms with E-state index in [1.165, 1.54) is 18.0 Å². The zero-order valence-electron chi connectivity index (χ0n) is 11.4. The highest BCUT2D eigenvalue weighted by Crippen LogP contribution is 2.29. The molecule has 0 spiro atoms. The lowest BCUT2D eigenvalue weighted by Crippen LogP contribution is -2.37. The second-order valence-electron chi connectivity index (χ2n) is 5.47. The van der Waals surface area contributed by atoms with Gasteiger partial charge in [0, 0.05) is 17.5 Å². The third-order valence-corrected chi connectivity index (χ3v) is 4.28. The van der Waals surface area contributed by atoms with Crippen molar-refractivity contribution < 1.29 is 9.90 Å². The third-order valence-electron chi connectivity index (χ3n) is 3.62. The second kappa shape index (κ2) is 6.32. The number of hydrogen-bond donors (Lipinski definition) is 2. The van der Waals surface area contributed by atoms with E-state index in [0.717, 1.165) is 31.5 Å². The van der Waals surface area contributed by atoms with Crippen LogP contribution in [0, 0.1) is 5.92 Å². The molecule has 106 valence electrons. The normalized spacial score (nSPS) is 18.5. The Kier molecular flexibility index (Phi) is 4.74. The van der Waals surface area contributed by atoms with Crippen LogP contribution in [0.25, 0.3) is 0 Å². The van der Waals surface area contributed by atoms with Gasteiger partial charge in [-0.2, -0.15) is 4.37 Å². The van der Waals surface area contributed by atoms with Gasteiger partial charge in [-0.3, -0.25) is 0 Å². The lowest BCUT2D eigenvalue weighted by molar-refractivity contribution is -0.139. The maximum atomic E-state index is 11.4. The van der Waals surface area contributed by atoms with Crippen molar-refractivity contribution in [3.63, 3.8) is 0 Å². The molecule has 1 fully saturated rings. The Labute approximate surface area is 117 Å². The van der Waals surface area contributed by atoms with E-state index in [1.807, 2.05) is 13.8 Å². The molecule has 0 aromatic carbocycles. The predicted octanol–water partition coefficient (Wildman–Crippen LogP) is 3.11. The molecule has 0 radical (unpaired) electrons. The summed E-state index contributed by atoms with van der Waals surface area (Å²) in [6.45, 7) is 4.06. The van der Waals surface area contributed by atoms with Gasteiger partial charge in [0.1, 0.15) is 11.9 Å². The smallest absolute Gasteiger partial charge is 0.326 e. The molecule has 0 bridgehead atoms. The van der Waals surface area contributed by atoms with Crippen LogP contribution in [0.2, 0.25) is 0 Å². The molecule has 19 heavy (non-hydrogen) atoms. The predicted molar refractivity (Wildman–Crippen MR) is 75.6 cm³/mol. The number of nitrogens with one attached hydrogen (secondary N) is 1. The summed E-state index contributed by atoms with van der Waals surface area (Å²) in [5.74, 6) is 0.468. The Bertz CT molecular complexity index is 427. The number of anilines is 1. The Balaban J connectivity index is 2.04. The van der Waals surface area contributed by atoms with Crippen LogP contribution in [0.4, 0.5) is 5.13 Å². The molecule has 0 aliphatic heterocycles. The molecule has 1 heterocycles. The fourth-order valence-corrected chi connectivity index (χ4v) is 3.26. The van der Waals surface area contributed by atoms with E-state index in [-0.39, 0.29) is 11.8 Å². The van der Waals surface area contributed by atoms with E-state index in [0.29, 0.717) is 5.13 Å². The van der Waals surface area contributed by atoms with Crippen LogP contribution in [0.5, 0.6) is 0 Å². The van der Waals surface area contributed by atoms with Crippen LogP contribution in [-0.2, 0) is 4.79 Å². The molecule has 1 aromatic heterocycles. The van der Waals surface area contributed by atoms with Crippen molar-refractivity contribution in [2.24, 2.45) is 5.92 Å². The van der Waals surface area contributed by atoms with Crippen molar-refractivity contribution in [3.8, 4) is 0 Å². The van der Waals surface area contributed by atoms with Crippen LogP contribution < -0.4 is 5.32 Å². The highest BCUT2D eigenvalue weighted by atomic mass is 32.1. The minimum absolute atomic E-state index is 0.206. The molecule has 1 aromatic rings. The van der Waals surface area contributed by atoms with Gasteiger partial charge in [-0.05, 0) is 18.8 Å². The maximum Gasteiger partial charge on any atom is 0.326 e. The number of aliphatic carboxylic acids is 1. The number of carboxylic acid groups (broad SMARTS) is 1. The van der Waals surface area contributed by atoms with Gasteiger partial charge in [0.05, 0.1) is 0 Å². The van der Waals surface area contributed by atoms with Gasteiger partial charge < -0.3 is 10.4 Å². The molecule has 5 nitrogen and oxygen atoms in total. The van der Waals surface area contributed by atoms with Crippen molar-refractivity contribution >= 4 is 22.6 Å². The SMILES string of the molecule is CC(C)c1nsc(NC(C(=O)O)C2CCCCC2)n1. The Hall–Kier alpha value is -1.17. The first-order valence-electron chi connectivity index (χ1n) is 6.91. The van der Waals surface area contributed by atoms with E-state index in [9.17, 15) is 9.90 Å². The van der Waals surface area contributed by atoms with Crippen LogP contribution in [0.15, 0.2) is 0 Å². The molecule has 1 unspecified atom stereocenters. The van der Waals surface area contributed by atoms with Crippen LogP contribution >= 0.6 is 11.5 Å². The summed E-state index contributed by atoms with van der Waals surface area (Å²) in [6.07, 6.45) is 5.45. The largest absolute Gasteiger partial charge is 0.480 e. The van der Waals surface area contributed by atoms with Gasteiger partial charge in [0.25, 0.3) is 0 Å². The van der Waals surface area contributed by atoms with Crippen molar-refractivity contribution in [1.82, 2.24) is 9.36 Å². The molecular formula is C13H21N3O2S. The van der Waals surface area contributed by atoms with E-state index in [4.69, 9.17) is 0 Å². The standard InChI is InChI=1S/C13H21N3O2S/c1-8(2)11-15-13(19-16-11)14-10(12(17)18)9-6-4-3-5-7-9/h8-10H,3-7H2,1-2H3,(H,17,18)(H,14,15,16). The number of rotatable bonds is 5. The Morgan fingerprint density at radius 3 is 2.58 bits per heavy atom. The van der Waals surface area contributed by atoms with Crippen molar-refractivity contribution in [2.45, 2.75) is 57.9 Å². The van der Waals surface area contributed by atoms with E-state index in [1.54, 1.807) is 0 Å². The first-order chi connectivity index (χ1) is 9.08. The number of carbonyl (C=O) groups is 1. The zero-order chi connectivity index (χ0) is 13.8. The molecule has 0 saturated heterocycles. The van der Waals surface area contributed by atoms with Crippen LogP contribution in [0.3, 0.4) is 0 Å². The third kappa shape index (κ3) is 3.65. The second-order valence-corrected chi connectivity index (χ2v) is 6.22. The number of hydrogen-bond acceptors (Lipinski definition) is 5. The Morgan fingerprint density at radius 2 is 2.05 bits per heavy atom. The van der Waals surface area contributed by atoms with Crippen molar-refractivity contribution in [1.29, 1.82) is 0 Å². The Morgan fingerprint density at radius 1 is 1.37 bits per heavy atom. The van der Waals surface area contributed by atoms with Gasteiger partial charge in [0.2, 0.25) is 5.13 Å². The summed E-state index contributed by atoms with van der Waals surface area (Å²) >= 11 is 1.25. The highest BCUT2D eigenvalue weighted by molar-refractivity contribution is 7.09. The van der Waals surface area contributed by atoms with E-state index in [2.05, 4.69) is 14.7 Å². The number of carboxylic acids is 1. The fraction of sp³-hybridized carbons (Fsp3) is 0.769. The zero-order valence-corrected chi connectivity index (χ0v) is 12.2.